The van der Waals surface area contributed by atoms with Gasteiger partial charge in [-0.15, -0.1) is 0 Å². The van der Waals surface area contributed by atoms with Gasteiger partial charge in [-0.2, -0.15) is 0 Å². The fourth-order valence-corrected chi connectivity index (χ4v) is 3.63. The van der Waals surface area contributed by atoms with Crippen LogP contribution < -0.4 is 10.6 Å². The Hall–Kier alpha value is -2.67. The molecule has 2 aromatic rings. The second-order valence-corrected chi connectivity index (χ2v) is 7.93. The van der Waals surface area contributed by atoms with E-state index in [0.29, 0.717) is 13.1 Å². The van der Waals surface area contributed by atoms with E-state index >= 15 is 0 Å². The number of aromatic nitrogens is 2. The Labute approximate surface area is 172 Å². The Morgan fingerprint density at radius 3 is 2.55 bits per heavy atom. The van der Waals surface area contributed by atoms with Gasteiger partial charge in [-0.3, -0.25) is 14.5 Å². The number of imidazole rings is 1. The molecule has 0 saturated carbocycles. The number of likely N-dealkylation sites (tertiary alicyclic amines) is 1. The van der Waals surface area contributed by atoms with E-state index in [4.69, 9.17) is 0 Å². The molecule has 1 aromatic heterocycles. The lowest BCUT2D eigenvalue weighted by molar-refractivity contribution is -0.120. The Kier molecular flexibility index (Phi) is 7.04. The van der Waals surface area contributed by atoms with Crippen molar-refractivity contribution in [2.75, 3.05) is 30.3 Å². The van der Waals surface area contributed by atoms with Gasteiger partial charge in [0.05, 0.1) is 12.5 Å². The predicted octanol–water partition coefficient (Wildman–Crippen LogP) is 3.20. The van der Waals surface area contributed by atoms with Crippen molar-refractivity contribution < 1.29 is 9.59 Å². The van der Waals surface area contributed by atoms with Gasteiger partial charge in [0.2, 0.25) is 11.8 Å². The normalized spacial score (nSPS) is 15.7. The highest BCUT2D eigenvalue weighted by molar-refractivity contribution is 5.95. The molecule has 7 heteroatoms. The Bertz CT molecular complexity index is 855. The number of carbonyl (C=O) groups excluding carboxylic acids is 2. The molecule has 0 unspecified atom stereocenters. The van der Waals surface area contributed by atoms with E-state index in [1.54, 1.807) is 6.20 Å². The summed E-state index contributed by atoms with van der Waals surface area (Å²) in [6.45, 7) is 8.76. The zero-order valence-corrected chi connectivity index (χ0v) is 17.6. The molecule has 0 radical (unpaired) electrons. The average molecular weight is 398 g/mol. The number of carbonyl (C=O) groups is 2. The smallest absolute Gasteiger partial charge is 0.238 e. The standard InChI is InChI=1S/C22H31N5O2/c1-16-13-19(24-22(29)17(2)14-27-12-9-23-18(27)3)7-8-20(16)25-21(28)15-26-10-5-4-6-11-26/h7-9,12-13,17H,4-6,10-11,14-15H2,1-3H3,(H,24,29)(H,25,28)/t17-/m0/s1. The summed E-state index contributed by atoms with van der Waals surface area (Å²) in [6, 6.07) is 5.57. The number of rotatable bonds is 7. The third-order valence-corrected chi connectivity index (χ3v) is 5.43. The van der Waals surface area contributed by atoms with Crippen LogP contribution in [0.4, 0.5) is 11.4 Å². The number of benzene rings is 1. The van der Waals surface area contributed by atoms with Crippen LogP contribution in [0.15, 0.2) is 30.6 Å². The molecular weight excluding hydrogens is 366 g/mol. The molecule has 1 aliphatic heterocycles. The first-order valence-electron chi connectivity index (χ1n) is 10.3. The fraction of sp³-hybridized carbons (Fsp3) is 0.500. The molecule has 1 fully saturated rings. The SMILES string of the molecule is Cc1cc(NC(=O)[C@@H](C)Cn2ccnc2C)ccc1NC(=O)CN1CCCCC1. The number of nitrogens with one attached hydrogen (secondary N) is 2. The summed E-state index contributed by atoms with van der Waals surface area (Å²) >= 11 is 0. The first-order valence-corrected chi connectivity index (χ1v) is 10.3. The lowest BCUT2D eigenvalue weighted by Gasteiger charge is -2.25. The van der Waals surface area contributed by atoms with Crippen LogP contribution >= 0.6 is 0 Å². The van der Waals surface area contributed by atoms with Gasteiger partial charge < -0.3 is 15.2 Å². The molecule has 1 aliphatic rings. The van der Waals surface area contributed by atoms with Crippen LogP contribution in [0.25, 0.3) is 0 Å². The Morgan fingerprint density at radius 2 is 1.90 bits per heavy atom. The zero-order chi connectivity index (χ0) is 20.8. The number of nitrogens with zero attached hydrogens (tertiary/aromatic N) is 3. The van der Waals surface area contributed by atoms with Crippen molar-refractivity contribution in [3.8, 4) is 0 Å². The maximum Gasteiger partial charge on any atom is 0.238 e. The predicted molar refractivity (Wildman–Crippen MR) is 115 cm³/mol. The summed E-state index contributed by atoms with van der Waals surface area (Å²) < 4.78 is 1.97. The van der Waals surface area contributed by atoms with E-state index in [1.165, 1.54) is 19.3 Å². The maximum absolute atomic E-state index is 12.5. The summed E-state index contributed by atoms with van der Waals surface area (Å²) in [5.41, 5.74) is 2.44. The van der Waals surface area contributed by atoms with Gasteiger partial charge in [0.1, 0.15) is 5.82 Å². The van der Waals surface area contributed by atoms with Crippen LogP contribution in [0.2, 0.25) is 0 Å². The molecule has 29 heavy (non-hydrogen) atoms. The summed E-state index contributed by atoms with van der Waals surface area (Å²) in [6.07, 6.45) is 7.20. The van der Waals surface area contributed by atoms with Crippen LogP contribution in [-0.4, -0.2) is 45.9 Å². The van der Waals surface area contributed by atoms with Gasteiger partial charge in [0, 0.05) is 30.3 Å². The van der Waals surface area contributed by atoms with E-state index in [2.05, 4.69) is 20.5 Å². The monoisotopic (exact) mass is 397 g/mol. The van der Waals surface area contributed by atoms with Gasteiger partial charge in [0.15, 0.2) is 0 Å². The molecule has 1 saturated heterocycles. The van der Waals surface area contributed by atoms with Crippen molar-refractivity contribution in [1.82, 2.24) is 14.5 Å². The summed E-state index contributed by atoms with van der Waals surface area (Å²) in [4.78, 5) is 31.2. The number of amides is 2. The highest BCUT2D eigenvalue weighted by Gasteiger charge is 2.16. The van der Waals surface area contributed by atoms with Crippen LogP contribution in [0.1, 0.15) is 37.6 Å². The van der Waals surface area contributed by atoms with Crippen molar-refractivity contribution in [3.63, 3.8) is 0 Å². The van der Waals surface area contributed by atoms with Gasteiger partial charge in [0.25, 0.3) is 0 Å². The van der Waals surface area contributed by atoms with Crippen molar-refractivity contribution in [2.24, 2.45) is 5.92 Å². The van der Waals surface area contributed by atoms with Crippen molar-refractivity contribution in [1.29, 1.82) is 0 Å². The molecule has 2 heterocycles. The first-order chi connectivity index (χ1) is 13.9. The number of piperidine rings is 1. The van der Waals surface area contributed by atoms with Crippen LogP contribution in [0.5, 0.6) is 0 Å². The van der Waals surface area contributed by atoms with Crippen molar-refractivity contribution >= 4 is 23.2 Å². The van der Waals surface area contributed by atoms with Crippen LogP contribution in [0.3, 0.4) is 0 Å². The Balaban J connectivity index is 1.53. The highest BCUT2D eigenvalue weighted by atomic mass is 16.2. The minimum atomic E-state index is -0.188. The molecule has 1 atom stereocenters. The van der Waals surface area contributed by atoms with Crippen LogP contribution in [0, 0.1) is 19.8 Å². The van der Waals surface area contributed by atoms with Crippen LogP contribution in [-0.2, 0) is 16.1 Å². The second kappa shape index (κ2) is 9.69. The molecule has 3 rings (SSSR count). The third-order valence-electron chi connectivity index (χ3n) is 5.43. The largest absolute Gasteiger partial charge is 0.334 e. The first kappa shape index (κ1) is 21.0. The minimum absolute atomic E-state index is 0.0103. The minimum Gasteiger partial charge on any atom is -0.334 e. The lowest BCUT2D eigenvalue weighted by Crippen LogP contribution is -2.36. The number of anilines is 2. The molecular formula is C22H31N5O2. The van der Waals surface area contributed by atoms with Gasteiger partial charge in [-0.05, 0) is 63.5 Å². The van der Waals surface area contributed by atoms with E-state index in [9.17, 15) is 9.59 Å². The molecule has 2 N–H and O–H groups in total. The van der Waals surface area contributed by atoms with E-state index < -0.39 is 0 Å². The highest BCUT2D eigenvalue weighted by Crippen LogP contribution is 2.21. The third kappa shape index (κ3) is 5.90. The fourth-order valence-electron chi connectivity index (χ4n) is 3.63. The number of hydrogen-bond acceptors (Lipinski definition) is 4. The lowest BCUT2D eigenvalue weighted by atomic mass is 10.1. The quantitative estimate of drug-likeness (QED) is 0.752. The maximum atomic E-state index is 12.5. The summed E-state index contributed by atoms with van der Waals surface area (Å²) in [7, 11) is 0. The van der Waals surface area contributed by atoms with Gasteiger partial charge in [-0.25, -0.2) is 4.98 Å². The molecule has 0 aliphatic carbocycles. The van der Waals surface area contributed by atoms with Gasteiger partial charge >= 0.3 is 0 Å². The summed E-state index contributed by atoms with van der Waals surface area (Å²) in [5.74, 6) is 0.674. The number of hydrogen-bond donors (Lipinski definition) is 2. The topological polar surface area (TPSA) is 79.3 Å². The molecule has 156 valence electrons. The second-order valence-electron chi connectivity index (χ2n) is 7.93. The molecule has 1 aromatic carbocycles. The summed E-state index contributed by atoms with van der Waals surface area (Å²) in [5, 5.41) is 5.96. The molecule has 7 nitrogen and oxygen atoms in total. The molecule has 0 spiro atoms. The van der Waals surface area contributed by atoms with E-state index in [0.717, 1.165) is 35.9 Å². The van der Waals surface area contributed by atoms with Gasteiger partial charge in [-0.1, -0.05) is 13.3 Å². The Morgan fingerprint density at radius 1 is 1.14 bits per heavy atom. The van der Waals surface area contributed by atoms with E-state index in [1.807, 2.05) is 49.7 Å². The zero-order valence-electron chi connectivity index (χ0n) is 17.6. The molecule has 2 amide bonds. The van der Waals surface area contributed by atoms with E-state index in [-0.39, 0.29) is 17.7 Å². The van der Waals surface area contributed by atoms with Crippen molar-refractivity contribution in [2.45, 2.75) is 46.6 Å². The number of aryl methyl sites for hydroxylation is 2. The average Bonchev–Trinajstić information content (AvgIpc) is 3.09. The molecule has 0 bridgehead atoms. The van der Waals surface area contributed by atoms with Crippen molar-refractivity contribution in [3.05, 3.63) is 42.0 Å².